The minimum absolute atomic E-state index is 0.0995. The van der Waals surface area contributed by atoms with E-state index in [1.807, 2.05) is 30.1 Å². The van der Waals surface area contributed by atoms with Crippen molar-refractivity contribution in [3.63, 3.8) is 0 Å². The maximum Gasteiger partial charge on any atom is 0.324 e. The van der Waals surface area contributed by atoms with Gasteiger partial charge in [-0.25, -0.2) is 4.79 Å². The van der Waals surface area contributed by atoms with Gasteiger partial charge in [-0.1, -0.05) is 67.3 Å². The summed E-state index contributed by atoms with van der Waals surface area (Å²) in [6, 6.07) is 19.1. The first kappa shape index (κ1) is 22.8. The predicted octanol–water partition coefficient (Wildman–Crippen LogP) is 6.10. The first-order valence-corrected chi connectivity index (χ1v) is 12.5. The van der Waals surface area contributed by atoms with Gasteiger partial charge in [-0.2, -0.15) is 0 Å². The van der Waals surface area contributed by atoms with E-state index in [9.17, 15) is 4.79 Å². The molecule has 0 spiro atoms. The molecule has 0 radical (unpaired) electrons. The smallest absolute Gasteiger partial charge is 0.323 e. The second kappa shape index (κ2) is 11.0. The maximum absolute atomic E-state index is 13.7. The minimum atomic E-state index is 0.0995. The van der Waals surface area contributed by atoms with Crippen molar-refractivity contribution in [3.05, 3.63) is 65.7 Å². The Labute approximate surface area is 194 Å². The lowest BCUT2D eigenvalue weighted by atomic mass is 9.88. The fraction of sp³-hybridized carbons (Fsp3) is 0.536. The fourth-order valence-electron chi connectivity index (χ4n) is 5.38. The Hall–Kier alpha value is -2.33. The van der Waals surface area contributed by atoms with Gasteiger partial charge in [0.2, 0.25) is 0 Å². The zero-order valence-electron chi connectivity index (χ0n) is 19.9. The Balaban J connectivity index is 1.41. The van der Waals surface area contributed by atoms with Crippen molar-refractivity contribution in [2.24, 2.45) is 5.92 Å². The molecule has 1 saturated heterocycles. The molecule has 1 heterocycles. The highest BCUT2D eigenvalue weighted by Crippen LogP contribution is 2.28. The molecule has 172 valence electrons. The highest BCUT2D eigenvalue weighted by molar-refractivity contribution is 5.92. The lowest BCUT2D eigenvalue weighted by Gasteiger charge is -2.41. The normalized spacial score (nSPS) is 18.4. The molecule has 0 bridgehead atoms. The molecule has 1 saturated carbocycles. The van der Waals surface area contributed by atoms with Crippen LogP contribution in [0.3, 0.4) is 0 Å². The minimum Gasteiger partial charge on any atom is -0.323 e. The van der Waals surface area contributed by atoms with Gasteiger partial charge in [0.1, 0.15) is 0 Å². The SMILES string of the molecule is Cc1ccc(CN(C)C(=O)N(c2ccccc2)C2CCN(CC3CCCCC3)CC2)cc1. The second-order valence-corrected chi connectivity index (χ2v) is 9.87. The monoisotopic (exact) mass is 433 g/mol. The molecule has 1 aliphatic heterocycles. The summed E-state index contributed by atoms with van der Waals surface area (Å²) in [4.78, 5) is 20.2. The molecule has 0 unspecified atom stereocenters. The van der Waals surface area contributed by atoms with Crippen LogP contribution in [0, 0.1) is 12.8 Å². The molecule has 0 aromatic heterocycles. The lowest BCUT2D eigenvalue weighted by molar-refractivity contribution is 0.158. The van der Waals surface area contributed by atoms with Crippen molar-refractivity contribution in [1.82, 2.24) is 9.80 Å². The fourth-order valence-corrected chi connectivity index (χ4v) is 5.38. The van der Waals surface area contributed by atoms with Gasteiger partial charge in [-0.3, -0.25) is 4.90 Å². The summed E-state index contributed by atoms with van der Waals surface area (Å²) in [6.07, 6.45) is 9.13. The number of benzene rings is 2. The summed E-state index contributed by atoms with van der Waals surface area (Å²) >= 11 is 0. The van der Waals surface area contributed by atoms with Crippen molar-refractivity contribution in [3.8, 4) is 0 Å². The van der Waals surface area contributed by atoms with Crippen LogP contribution in [0.1, 0.15) is 56.1 Å². The predicted molar refractivity (Wildman–Crippen MR) is 133 cm³/mol. The molecule has 4 heteroatoms. The van der Waals surface area contributed by atoms with E-state index in [0.29, 0.717) is 6.54 Å². The van der Waals surface area contributed by atoms with Crippen LogP contribution in [-0.2, 0) is 6.54 Å². The number of rotatable bonds is 6. The first-order valence-electron chi connectivity index (χ1n) is 12.5. The van der Waals surface area contributed by atoms with Crippen LogP contribution < -0.4 is 4.90 Å². The molecule has 2 aromatic rings. The number of urea groups is 1. The van der Waals surface area contributed by atoms with Gasteiger partial charge in [0, 0.05) is 45.0 Å². The molecule has 32 heavy (non-hydrogen) atoms. The van der Waals surface area contributed by atoms with Crippen LogP contribution in [-0.4, -0.2) is 48.6 Å². The number of amides is 2. The molecule has 0 atom stereocenters. The number of para-hydroxylation sites is 1. The first-order chi connectivity index (χ1) is 15.6. The molecule has 0 N–H and O–H groups in total. The number of carbonyl (C=O) groups excluding carboxylic acids is 1. The van der Waals surface area contributed by atoms with Crippen LogP contribution in [0.15, 0.2) is 54.6 Å². The lowest BCUT2D eigenvalue weighted by Crippen LogP contribution is -2.51. The van der Waals surface area contributed by atoms with E-state index < -0.39 is 0 Å². The van der Waals surface area contributed by atoms with Crippen LogP contribution in [0.4, 0.5) is 10.5 Å². The molecular weight excluding hydrogens is 394 g/mol. The van der Waals surface area contributed by atoms with Gasteiger partial charge in [-0.05, 0) is 56.2 Å². The summed E-state index contributed by atoms with van der Waals surface area (Å²) in [5.41, 5.74) is 3.43. The molecule has 2 aliphatic rings. The van der Waals surface area contributed by atoms with Crippen molar-refractivity contribution in [2.45, 2.75) is 64.5 Å². The van der Waals surface area contributed by atoms with Gasteiger partial charge in [0.15, 0.2) is 0 Å². The maximum atomic E-state index is 13.7. The molecule has 1 aliphatic carbocycles. The summed E-state index contributed by atoms with van der Waals surface area (Å²) in [5.74, 6) is 0.882. The topological polar surface area (TPSA) is 26.8 Å². The highest BCUT2D eigenvalue weighted by Gasteiger charge is 2.31. The molecule has 2 amide bonds. The van der Waals surface area contributed by atoms with Crippen molar-refractivity contribution in [2.75, 3.05) is 31.6 Å². The average molecular weight is 434 g/mol. The Morgan fingerprint density at radius 1 is 0.906 bits per heavy atom. The van der Waals surface area contributed by atoms with Crippen LogP contribution in [0.5, 0.6) is 0 Å². The molecule has 4 nitrogen and oxygen atoms in total. The van der Waals surface area contributed by atoms with Crippen molar-refractivity contribution >= 4 is 11.7 Å². The third-order valence-corrected chi connectivity index (χ3v) is 7.27. The standard InChI is InChI=1S/C28H39N3O/c1-23-13-15-25(16-14-23)21-29(2)28(32)31(26-11-7-4-8-12-26)27-17-19-30(20-18-27)22-24-9-5-3-6-10-24/h4,7-8,11-16,24,27H,3,5-6,9-10,17-22H2,1-2H3. The number of nitrogens with zero attached hydrogens (tertiary/aromatic N) is 3. The molecule has 2 aromatic carbocycles. The Morgan fingerprint density at radius 3 is 2.22 bits per heavy atom. The number of piperidine rings is 1. The van der Waals surface area contributed by atoms with Crippen LogP contribution in [0.25, 0.3) is 0 Å². The molecular formula is C28H39N3O. The van der Waals surface area contributed by atoms with E-state index in [-0.39, 0.29) is 12.1 Å². The second-order valence-electron chi connectivity index (χ2n) is 9.87. The summed E-state index contributed by atoms with van der Waals surface area (Å²) in [5, 5.41) is 0. The van der Waals surface area contributed by atoms with Gasteiger partial charge in [-0.15, -0.1) is 0 Å². The number of anilines is 1. The van der Waals surface area contributed by atoms with Crippen molar-refractivity contribution in [1.29, 1.82) is 0 Å². The van der Waals surface area contributed by atoms with Crippen LogP contribution in [0.2, 0.25) is 0 Å². The summed E-state index contributed by atoms with van der Waals surface area (Å²) in [7, 11) is 1.93. The molecule has 4 rings (SSSR count). The van der Waals surface area contributed by atoms with E-state index >= 15 is 0 Å². The van der Waals surface area contributed by atoms with E-state index in [1.165, 1.54) is 49.8 Å². The van der Waals surface area contributed by atoms with Crippen molar-refractivity contribution < 1.29 is 4.79 Å². The van der Waals surface area contributed by atoms with Gasteiger partial charge in [0.25, 0.3) is 0 Å². The number of likely N-dealkylation sites (tertiary alicyclic amines) is 1. The Morgan fingerprint density at radius 2 is 1.56 bits per heavy atom. The van der Waals surface area contributed by atoms with Gasteiger partial charge in [0.05, 0.1) is 0 Å². The van der Waals surface area contributed by atoms with Gasteiger partial charge >= 0.3 is 6.03 Å². The van der Waals surface area contributed by atoms with E-state index in [2.05, 4.69) is 53.1 Å². The zero-order chi connectivity index (χ0) is 22.3. The average Bonchev–Trinajstić information content (AvgIpc) is 2.83. The summed E-state index contributed by atoms with van der Waals surface area (Å²) < 4.78 is 0. The number of aryl methyl sites for hydroxylation is 1. The zero-order valence-corrected chi connectivity index (χ0v) is 19.9. The highest BCUT2D eigenvalue weighted by atomic mass is 16.2. The third-order valence-electron chi connectivity index (χ3n) is 7.27. The number of hydrogen-bond donors (Lipinski definition) is 0. The van der Waals surface area contributed by atoms with E-state index in [0.717, 1.165) is 37.5 Å². The van der Waals surface area contributed by atoms with E-state index in [1.54, 1.807) is 0 Å². The molecule has 2 fully saturated rings. The number of carbonyl (C=O) groups is 1. The summed E-state index contributed by atoms with van der Waals surface area (Å²) in [6.45, 7) is 6.16. The van der Waals surface area contributed by atoms with Crippen LogP contribution >= 0.6 is 0 Å². The largest absolute Gasteiger partial charge is 0.324 e. The third kappa shape index (κ3) is 5.92. The van der Waals surface area contributed by atoms with E-state index in [4.69, 9.17) is 0 Å². The van der Waals surface area contributed by atoms with Gasteiger partial charge < -0.3 is 9.80 Å². The Kier molecular flexibility index (Phi) is 7.85. The Bertz CT molecular complexity index is 837. The quantitative estimate of drug-likeness (QED) is 0.550. The number of hydrogen-bond acceptors (Lipinski definition) is 2.